The molecule has 0 radical (unpaired) electrons. The Morgan fingerprint density at radius 3 is 2.67 bits per heavy atom. The van der Waals surface area contributed by atoms with Gasteiger partial charge in [-0.15, -0.1) is 17.5 Å². The van der Waals surface area contributed by atoms with Crippen LogP contribution in [0.2, 0.25) is 0 Å². The highest BCUT2D eigenvalue weighted by atomic mass is 32.1. The zero-order valence-electron chi connectivity index (χ0n) is 12.8. The van der Waals surface area contributed by atoms with Gasteiger partial charge in [-0.1, -0.05) is 18.2 Å². The number of nitrogens with zero attached hydrogens (tertiary/aromatic N) is 4. The number of rotatable bonds is 4. The molecule has 24 heavy (non-hydrogen) atoms. The van der Waals surface area contributed by atoms with Gasteiger partial charge in [-0.3, -0.25) is 10.8 Å². The number of nitrogens with one attached hydrogen (secondary N) is 2. The van der Waals surface area contributed by atoms with Crippen molar-refractivity contribution in [2.75, 3.05) is 10.4 Å². The lowest BCUT2D eigenvalue weighted by Crippen LogP contribution is -2.27. The predicted molar refractivity (Wildman–Crippen MR) is 100.0 cm³/mol. The fourth-order valence-electron chi connectivity index (χ4n) is 2.22. The summed E-state index contributed by atoms with van der Waals surface area (Å²) in [5, 5.41) is 21.3. The van der Waals surface area contributed by atoms with Crippen molar-refractivity contribution in [3.8, 4) is 0 Å². The molecule has 8 heteroatoms. The Kier molecular flexibility index (Phi) is 4.39. The Labute approximate surface area is 144 Å². The number of amidine groups is 1. The summed E-state index contributed by atoms with van der Waals surface area (Å²) in [7, 11) is 0. The number of hydrazone groups is 2. The van der Waals surface area contributed by atoms with Crippen LogP contribution < -0.4 is 10.4 Å². The first kappa shape index (κ1) is 15.9. The fraction of sp³-hybridized carbons (Fsp3) is 0.0625. The summed E-state index contributed by atoms with van der Waals surface area (Å²) in [5.74, 6) is 0.151. The molecule has 1 aliphatic rings. The van der Waals surface area contributed by atoms with Crippen LogP contribution in [0.4, 0.5) is 17.1 Å². The summed E-state index contributed by atoms with van der Waals surface area (Å²) in [5.41, 5.74) is 5.19. The van der Waals surface area contributed by atoms with Gasteiger partial charge in [-0.05, 0) is 42.4 Å². The lowest BCUT2D eigenvalue weighted by molar-refractivity contribution is 1.14. The summed E-state index contributed by atoms with van der Waals surface area (Å²) in [6.07, 6.45) is 0. The maximum absolute atomic E-state index is 10.9. The van der Waals surface area contributed by atoms with Crippen molar-refractivity contribution in [1.29, 1.82) is 5.41 Å². The number of para-hydroxylation sites is 1. The molecule has 0 unspecified atom stereocenters. The predicted octanol–water partition coefficient (Wildman–Crippen LogP) is 4.01. The average molecular weight is 338 g/mol. The van der Waals surface area contributed by atoms with Gasteiger partial charge >= 0.3 is 0 Å². The van der Waals surface area contributed by atoms with Crippen LogP contribution in [0.1, 0.15) is 6.92 Å². The molecule has 2 aromatic rings. The van der Waals surface area contributed by atoms with Crippen LogP contribution in [0.25, 0.3) is 0 Å². The van der Waals surface area contributed by atoms with Crippen LogP contribution in [0.5, 0.6) is 0 Å². The molecule has 7 nitrogen and oxygen atoms in total. The van der Waals surface area contributed by atoms with Crippen molar-refractivity contribution < 1.29 is 0 Å². The topological polar surface area (TPSA) is 93.3 Å². The molecule has 1 aliphatic heterocycles. The molecule has 1 heterocycles. The van der Waals surface area contributed by atoms with Gasteiger partial charge in [0.1, 0.15) is 5.69 Å². The minimum Gasteiger partial charge on any atom is -0.281 e. The van der Waals surface area contributed by atoms with Gasteiger partial charge in [-0.25, -0.2) is 5.01 Å². The van der Waals surface area contributed by atoms with E-state index in [0.717, 1.165) is 5.69 Å². The van der Waals surface area contributed by atoms with E-state index in [9.17, 15) is 4.91 Å². The lowest BCUT2D eigenvalue weighted by atomic mass is 10.2. The maximum Gasteiger partial charge on any atom is 0.176 e. The van der Waals surface area contributed by atoms with Crippen LogP contribution >= 0.6 is 12.6 Å². The smallest absolute Gasteiger partial charge is 0.176 e. The fourth-order valence-corrected chi connectivity index (χ4v) is 2.41. The van der Waals surface area contributed by atoms with E-state index in [1.807, 2.05) is 30.3 Å². The monoisotopic (exact) mass is 338 g/mol. The van der Waals surface area contributed by atoms with Crippen molar-refractivity contribution in [1.82, 2.24) is 0 Å². The molecule has 0 amide bonds. The third-order valence-corrected chi connectivity index (χ3v) is 3.68. The second kappa shape index (κ2) is 6.63. The minimum atomic E-state index is 0.151. The van der Waals surface area contributed by atoms with Crippen molar-refractivity contribution in [2.24, 2.45) is 15.4 Å². The summed E-state index contributed by atoms with van der Waals surface area (Å²) < 4.78 is 0. The lowest BCUT2D eigenvalue weighted by Gasteiger charge is -2.13. The molecule has 0 saturated heterocycles. The maximum atomic E-state index is 10.9. The number of nitroso groups, excluding NO2 is 1. The number of anilines is 2. The van der Waals surface area contributed by atoms with E-state index in [1.54, 1.807) is 19.1 Å². The van der Waals surface area contributed by atoms with E-state index in [2.05, 4.69) is 33.4 Å². The number of hydrogen-bond acceptors (Lipinski definition) is 7. The molecule has 0 aliphatic carbocycles. The summed E-state index contributed by atoms with van der Waals surface area (Å²) in [4.78, 5) is 11.5. The molecular weight excluding hydrogens is 324 g/mol. The Morgan fingerprint density at radius 1 is 1.21 bits per heavy atom. The van der Waals surface area contributed by atoms with E-state index in [0.29, 0.717) is 22.0 Å². The molecule has 0 saturated carbocycles. The molecule has 0 spiro atoms. The number of thiol groups is 1. The first-order valence-electron chi connectivity index (χ1n) is 7.10. The highest BCUT2D eigenvalue weighted by molar-refractivity contribution is 7.80. The molecule has 0 bridgehead atoms. The van der Waals surface area contributed by atoms with Crippen molar-refractivity contribution >= 4 is 46.9 Å². The molecule has 0 aromatic heterocycles. The minimum absolute atomic E-state index is 0.151. The molecule has 0 atom stereocenters. The van der Waals surface area contributed by atoms with Crippen LogP contribution in [0.15, 0.2) is 68.8 Å². The summed E-state index contributed by atoms with van der Waals surface area (Å²) in [6, 6.07) is 14.3. The Hall–Kier alpha value is -3.00. The van der Waals surface area contributed by atoms with Crippen LogP contribution in [0, 0.1) is 10.3 Å². The second-order valence-electron chi connectivity index (χ2n) is 5.05. The molecule has 2 N–H and O–H groups in total. The van der Waals surface area contributed by atoms with Gasteiger partial charge in [0, 0.05) is 4.90 Å². The first-order chi connectivity index (χ1) is 11.6. The van der Waals surface area contributed by atoms with E-state index in [4.69, 9.17) is 5.41 Å². The highest BCUT2D eigenvalue weighted by Crippen LogP contribution is 2.28. The van der Waals surface area contributed by atoms with E-state index < -0.39 is 0 Å². The Balaban J connectivity index is 1.86. The average Bonchev–Trinajstić information content (AvgIpc) is 2.89. The quantitative estimate of drug-likeness (QED) is 0.446. The largest absolute Gasteiger partial charge is 0.281 e. The van der Waals surface area contributed by atoms with E-state index >= 15 is 0 Å². The SMILES string of the molecule is CC1=NN(c2ccccc2)C(=N)/C1=N/Nc1ccc(S)cc1N=O. The van der Waals surface area contributed by atoms with Crippen molar-refractivity contribution in [2.45, 2.75) is 11.8 Å². The Morgan fingerprint density at radius 2 is 1.96 bits per heavy atom. The standard InChI is InChI=1S/C16H14N6OS/c1-10-15(16(17)22(20-10)11-5-3-2-4-6-11)19-18-13-8-7-12(24)9-14(13)21-23/h2-9,17-18,24H,1H3/b17-16?,19-15+. The molecule has 120 valence electrons. The second-order valence-corrected chi connectivity index (χ2v) is 5.56. The molecule has 0 fully saturated rings. The zero-order valence-corrected chi connectivity index (χ0v) is 13.7. The van der Waals surface area contributed by atoms with Crippen LogP contribution in [0.3, 0.4) is 0 Å². The first-order valence-corrected chi connectivity index (χ1v) is 7.54. The molecule has 3 rings (SSSR count). The van der Waals surface area contributed by atoms with Crippen molar-refractivity contribution in [3.63, 3.8) is 0 Å². The third-order valence-electron chi connectivity index (χ3n) is 3.40. The zero-order chi connectivity index (χ0) is 17.1. The molecular formula is C16H14N6OS. The van der Waals surface area contributed by atoms with E-state index in [-0.39, 0.29) is 11.5 Å². The number of hydrogen-bond donors (Lipinski definition) is 3. The van der Waals surface area contributed by atoms with Gasteiger partial charge in [0.25, 0.3) is 0 Å². The normalized spacial score (nSPS) is 15.6. The van der Waals surface area contributed by atoms with Gasteiger partial charge in [0.05, 0.1) is 17.1 Å². The molecule has 2 aromatic carbocycles. The van der Waals surface area contributed by atoms with Crippen LogP contribution in [-0.4, -0.2) is 17.3 Å². The van der Waals surface area contributed by atoms with Gasteiger partial charge in [-0.2, -0.15) is 10.2 Å². The van der Waals surface area contributed by atoms with Gasteiger partial charge in [0.15, 0.2) is 11.5 Å². The summed E-state index contributed by atoms with van der Waals surface area (Å²) >= 11 is 4.17. The van der Waals surface area contributed by atoms with Gasteiger partial charge < -0.3 is 0 Å². The van der Waals surface area contributed by atoms with Crippen molar-refractivity contribution in [3.05, 3.63) is 53.4 Å². The third kappa shape index (κ3) is 3.04. The summed E-state index contributed by atoms with van der Waals surface area (Å²) in [6.45, 7) is 1.77. The number of benzene rings is 2. The van der Waals surface area contributed by atoms with Crippen LogP contribution in [-0.2, 0) is 0 Å². The van der Waals surface area contributed by atoms with E-state index in [1.165, 1.54) is 11.1 Å². The highest BCUT2D eigenvalue weighted by Gasteiger charge is 2.27. The Bertz CT molecular complexity index is 862. The van der Waals surface area contributed by atoms with Gasteiger partial charge in [0.2, 0.25) is 0 Å².